The first-order valence-electron chi connectivity index (χ1n) is 4.28. The predicted molar refractivity (Wildman–Crippen MR) is 51.5 cm³/mol. The smallest absolute Gasteiger partial charge is 0.182 e. The van der Waals surface area contributed by atoms with Gasteiger partial charge in [0.2, 0.25) is 0 Å². The van der Waals surface area contributed by atoms with Crippen LogP contribution in [0.4, 0.5) is 5.82 Å². The third kappa shape index (κ3) is 2.31. The van der Waals surface area contributed by atoms with Crippen molar-refractivity contribution in [2.75, 3.05) is 12.8 Å². The molecular weight excluding hydrogens is 166 g/mol. The van der Waals surface area contributed by atoms with Crippen LogP contribution < -0.4 is 10.5 Å². The Morgan fingerprint density at radius 1 is 1.46 bits per heavy atom. The molecule has 0 saturated heterocycles. The SMILES string of the molecule is COc1c(N)ncnc1CC(C)C. The van der Waals surface area contributed by atoms with Gasteiger partial charge < -0.3 is 10.5 Å². The number of aromatic nitrogens is 2. The maximum atomic E-state index is 5.63. The number of ether oxygens (including phenoxy) is 1. The summed E-state index contributed by atoms with van der Waals surface area (Å²) < 4.78 is 5.13. The molecule has 72 valence electrons. The van der Waals surface area contributed by atoms with Crippen LogP contribution in [0, 0.1) is 5.92 Å². The molecule has 0 aliphatic carbocycles. The van der Waals surface area contributed by atoms with Gasteiger partial charge in [-0.05, 0) is 12.3 Å². The number of nitrogens with two attached hydrogens (primary N) is 1. The molecule has 13 heavy (non-hydrogen) atoms. The Bertz CT molecular complexity index is 286. The number of anilines is 1. The fourth-order valence-electron chi connectivity index (χ4n) is 1.18. The van der Waals surface area contributed by atoms with E-state index in [2.05, 4.69) is 23.8 Å². The molecule has 1 heterocycles. The summed E-state index contributed by atoms with van der Waals surface area (Å²) in [4.78, 5) is 7.99. The molecule has 0 bridgehead atoms. The molecule has 0 spiro atoms. The molecule has 0 fully saturated rings. The number of methoxy groups -OCH3 is 1. The molecule has 0 saturated carbocycles. The first kappa shape index (κ1) is 9.77. The highest BCUT2D eigenvalue weighted by Crippen LogP contribution is 2.23. The van der Waals surface area contributed by atoms with Crippen LogP contribution in [0.3, 0.4) is 0 Å². The van der Waals surface area contributed by atoms with Gasteiger partial charge in [0.1, 0.15) is 6.33 Å². The van der Waals surface area contributed by atoms with E-state index in [-0.39, 0.29) is 0 Å². The van der Waals surface area contributed by atoms with E-state index in [1.807, 2.05) is 0 Å². The summed E-state index contributed by atoms with van der Waals surface area (Å²) in [6.45, 7) is 4.25. The lowest BCUT2D eigenvalue weighted by Gasteiger charge is -2.10. The van der Waals surface area contributed by atoms with E-state index in [0.29, 0.717) is 17.5 Å². The van der Waals surface area contributed by atoms with E-state index in [9.17, 15) is 0 Å². The summed E-state index contributed by atoms with van der Waals surface area (Å²) in [6.07, 6.45) is 2.32. The van der Waals surface area contributed by atoms with Crippen molar-refractivity contribution < 1.29 is 4.74 Å². The molecule has 0 unspecified atom stereocenters. The minimum absolute atomic E-state index is 0.410. The average Bonchev–Trinajstić information content (AvgIpc) is 2.03. The monoisotopic (exact) mass is 181 g/mol. The Balaban J connectivity index is 2.98. The minimum atomic E-state index is 0.410. The van der Waals surface area contributed by atoms with Gasteiger partial charge in [-0.2, -0.15) is 0 Å². The van der Waals surface area contributed by atoms with Crippen LogP contribution in [0.15, 0.2) is 6.33 Å². The van der Waals surface area contributed by atoms with Crippen LogP contribution in [-0.2, 0) is 6.42 Å². The van der Waals surface area contributed by atoms with E-state index >= 15 is 0 Å². The highest BCUT2D eigenvalue weighted by atomic mass is 16.5. The molecule has 0 amide bonds. The van der Waals surface area contributed by atoms with Crippen molar-refractivity contribution in [3.05, 3.63) is 12.0 Å². The molecule has 1 aromatic rings. The molecule has 0 radical (unpaired) electrons. The van der Waals surface area contributed by atoms with Crippen LogP contribution in [0.25, 0.3) is 0 Å². The Kier molecular flexibility index (Phi) is 3.06. The third-order valence-corrected chi connectivity index (χ3v) is 1.71. The Labute approximate surface area is 78.1 Å². The molecule has 4 nitrogen and oxygen atoms in total. The first-order chi connectivity index (χ1) is 6.15. The Morgan fingerprint density at radius 3 is 2.69 bits per heavy atom. The van der Waals surface area contributed by atoms with Gasteiger partial charge in [-0.3, -0.25) is 0 Å². The van der Waals surface area contributed by atoms with Crippen molar-refractivity contribution in [2.45, 2.75) is 20.3 Å². The van der Waals surface area contributed by atoms with E-state index in [0.717, 1.165) is 12.1 Å². The van der Waals surface area contributed by atoms with Crippen LogP contribution in [0.5, 0.6) is 5.75 Å². The Hall–Kier alpha value is -1.32. The lowest BCUT2D eigenvalue weighted by molar-refractivity contribution is 0.403. The van der Waals surface area contributed by atoms with Crippen molar-refractivity contribution in [3.8, 4) is 5.75 Å². The second kappa shape index (κ2) is 4.07. The standard InChI is InChI=1S/C9H15N3O/c1-6(2)4-7-8(13-3)9(10)12-5-11-7/h5-6H,4H2,1-3H3,(H2,10,11,12). The second-order valence-electron chi connectivity index (χ2n) is 3.34. The largest absolute Gasteiger partial charge is 0.491 e. The lowest BCUT2D eigenvalue weighted by atomic mass is 10.1. The number of hydrogen-bond acceptors (Lipinski definition) is 4. The normalized spacial score (nSPS) is 10.5. The lowest BCUT2D eigenvalue weighted by Crippen LogP contribution is -2.05. The van der Waals surface area contributed by atoms with Crippen LogP contribution in [0.1, 0.15) is 19.5 Å². The van der Waals surface area contributed by atoms with E-state index < -0.39 is 0 Å². The highest BCUT2D eigenvalue weighted by molar-refractivity contribution is 5.47. The molecule has 1 rings (SSSR count). The first-order valence-corrected chi connectivity index (χ1v) is 4.28. The molecular formula is C9H15N3O. The van der Waals surface area contributed by atoms with Crippen LogP contribution >= 0.6 is 0 Å². The van der Waals surface area contributed by atoms with Crippen molar-refractivity contribution in [2.24, 2.45) is 5.92 Å². The average molecular weight is 181 g/mol. The fourth-order valence-corrected chi connectivity index (χ4v) is 1.18. The molecule has 0 aromatic carbocycles. The fraction of sp³-hybridized carbons (Fsp3) is 0.556. The molecule has 0 atom stereocenters. The van der Waals surface area contributed by atoms with Crippen molar-refractivity contribution in [3.63, 3.8) is 0 Å². The number of hydrogen-bond donors (Lipinski definition) is 1. The van der Waals surface area contributed by atoms with E-state index in [1.54, 1.807) is 7.11 Å². The predicted octanol–water partition coefficient (Wildman–Crippen LogP) is 1.27. The third-order valence-electron chi connectivity index (χ3n) is 1.71. The van der Waals surface area contributed by atoms with Crippen molar-refractivity contribution >= 4 is 5.82 Å². The number of rotatable bonds is 3. The zero-order chi connectivity index (χ0) is 9.84. The maximum absolute atomic E-state index is 5.63. The number of nitrogen functional groups attached to an aromatic ring is 1. The van der Waals surface area contributed by atoms with Crippen molar-refractivity contribution in [1.82, 2.24) is 9.97 Å². The molecule has 2 N–H and O–H groups in total. The van der Waals surface area contributed by atoms with E-state index in [4.69, 9.17) is 10.5 Å². The summed E-state index contributed by atoms with van der Waals surface area (Å²) in [5.74, 6) is 1.55. The van der Waals surface area contributed by atoms with Gasteiger partial charge in [-0.1, -0.05) is 13.8 Å². The number of nitrogens with zero attached hydrogens (tertiary/aromatic N) is 2. The highest BCUT2D eigenvalue weighted by Gasteiger charge is 2.10. The van der Waals surface area contributed by atoms with Gasteiger partial charge in [0.05, 0.1) is 12.8 Å². The van der Waals surface area contributed by atoms with Gasteiger partial charge >= 0.3 is 0 Å². The summed E-state index contributed by atoms with van der Waals surface area (Å²) in [5, 5.41) is 0. The maximum Gasteiger partial charge on any atom is 0.182 e. The van der Waals surface area contributed by atoms with Gasteiger partial charge in [0.25, 0.3) is 0 Å². The Morgan fingerprint density at radius 2 is 2.15 bits per heavy atom. The van der Waals surface area contributed by atoms with Crippen LogP contribution in [0.2, 0.25) is 0 Å². The van der Waals surface area contributed by atoms with Crippen molar-refractivity contribution in [1.29, 1.82) is 0 Å². The molecule has 1 aromatic heterocycles. The summed E-state index contributed by atoms with van der Waals surface area (Å²) in [6, 6.07) is 0. The topological polar surface area (TPSA) is 61.0 Å². The zero-order valence-electron chi connectivity index (χ0n) is 8.24. The van der Waals surface area contributed by atoms with Gasteiger partial charge in [-0.25, -0.2) is 9.97 Å². The molecule has 4 heteroatoms. The molecule has 0 aliphatic heterocycles. The summed E-state index contributed by atoms with van der Waals surface area (Å²) in [5.41, 5.74) is 6.51. The quantitative estimate of drug-likeness (QED) is 0.762. The van der Waals surface area contributed by atoms with Gasteiger partial charge in [0, 0.05) is 0 Å². The van der Waals surface area contributed by atoms with E-state index in [1.165, 1.54) is 6.33 Å². The van der Waals surface area contributed by atoms with Crippen LogP contribution in [-0.4, -0.2) is 17.1 Å². The summed E-state index contributed by atoms with van der Waals surface area (Å²) >= 11 is 0. The second-order valence-corrected chi connectivity index (χ2v) is 3.34. The summed E-state index contributed by atoms with van der Waals surface area (Å²) in [7, 11) is 1.58. The zero-order valence-corrected chi connectivity index (χ0v) is 8.24. The van der Waals surface area contributed by atoms with Gasteiger partial charge in [-0.15, -0.1) is 0 Å². The molecule has 0 aliphatic rings. The minimum Gasteiger partial charge on any atom is -0.491 e. The van der Waals surface area contributed by atoms with Gasteiger partial charge in [0.15, 0.2) is 11.6 Å².